The van der Waals surface area contributed by atoms with Crippen LogP contribution in [0.4, 0.5) is 10.1 Å². The van der Waals surface area contributed by atoms with Gasteiger partial charge in [0.2, 0.25) is 0 Å². The van der Waals surface area contributed by atoms with Crippen LogP contribution in [0.1, 0.15) is 5.69 Å². The molecule has 28 heavy (non-hydrogen) atoms. The molecule has 0 N–H and O–H groups in total. The third-order valence-electron chi connectivity index (χ3n) is 4.12. The normalized spacial score (nSPS) is 11.3. The van der Waals surface area contributed by atoms with E-state index in [0.717, 1.165) is 33.1 Å². The van der Waals surface area contributed by atoms with Crippen molar-refractivity contribution in [1.29, 1.82) is 0 Å². The van der Waals surface area contributed by atoms with E-state index in [1.165, 1.54) is 17.4 Å². The largest absolute Gasteiger partial charge is 0.283 e. The summed E-state index contributed by atoms with van der Waals surface area (Å²) >= 11 is 7.52. The van der Waals surface area contributed by atoms with E-state index < -0.39 is 5.82 Å². The molecular formula is C21H16BrClFN3S. The lowest BCUT2D eigenvalue weighted by Crippen LogP contribution is -2.15. The molecule has 2 aromatic heterocycles. The van der Waals surface area contributed by atoms with Gasteiger partial charge in [-0.1, -0.05) is 29.8 Å². The Morgan fingerprint density at radius 2 is 1.86 bits per heavy atom. The zero-order valence-corrected chi connectivity index (χ0v) is 18.1. The van der Waals surface area contributed by atoms with Crippen LogP contribution in [0.2, 0.25) is 5.02 Å². The second-order valence-corrected chi connectivity index (χ2v) is 7.17. The van der Waals surface area contributed by atoms with Crippen LogP contribution in [-0.2, 0) is 0 Å². The van der Waals surface area contributed by atoms with E-state index in [1.54, 1.807) is 18.3 Å². The first-order valence-corrected chi connectivity index (χ1v) is 9.57. The second kappa shape index (κ2) is 8.82. The number of hydrogen-bond acceptors (Lipinski definition) is 3. The standard InChI is InChI=1S/C21H15ClFN3S.BrH/c1-14-19(8-5-11-24-14)26-20(15-9-10-18(23)17(22)12-15)13-27-21(26)25-16-6-3-2-4-7-16;/h2-13H,1H3;1H. The van der Waals surface area contributed by atoms with Crippen LogP contribution in [0.25, 0.3) is 16.9 Å². The molecule has 0 aliphatic carbocycles. The van der Waals surface area contributed by atoms with Crippen LogP contribution in [0, 0.1) is 12.7 Å². The van der Waals surface area contributed by atoms with Gasteiger partial charge in [-0.25, -0.2) is 9.38 Å². The van der Waals surface area contributed by atoms with Crippen molar-refractivity contribution in [3.63, 3.8) is 0 Å². The number of rotatable bonds is 3. The van der Waals surface area contributed by atoms with Gasteiger partial charge in [0.1, 0.15) is 5.82 Å². The predicted molar refractivity (Wildman–Crippen MR) is 119 cm³/mol. The van der Waals surface area contributed by atoms with Crippen molar-refractivity contribution in [2.24, 2.45) is 4.99 Å². The van der Waals surface area contributed by atoms with E-state index in [4.69, 9.17) is 16.6 Å². The van der Waals surface area contributed by atoms with Crippen LogP contribution in [0.5, 0.6) is 0 Å². The summed E-state index contributed by atoms with van der Waals surface area (Å²) in [5.41, 5.74) is 4.35. The fraction of sp³-hybridized carbons (Fsp3) is 0.0476. The fourth-order valence-electron chi connectivity index (χ4n) is 2.80. The first-order valence-electron chi connectivity index (χ1n) is 8.31. The third kappa shape index (κ3) is 4.09. The summed E-state index contributed by atoms with van der Waals surface area (Å²) in [6.07, 6.45) is 1.76. The first kappa shape index (κ1) is 20.5. The molecule has 0 saturated heterocycles. The maximum absolute atomic E-state index is 13.6. The first-order chi connectivity index (χ1) is 13.1. The van der Waals surface area contributed by atoms with E-state index in [-0.39, 0.29) is 22.0 Å². The second-order valence-electron chi connectivity index (χ2n) is 5.92. The van der Waals surface area contributed by atoms with Gasteiger partial charge in [-0.2, -0.15) is 0 Å². The van der Waals surface area contributed by atoms with Crippen LogP contribution >= 0.6 is 39.9 Å². The molecule has 4 rings (SSSR count). The number of thiazole rings is 1. The van der Waals surface area contributed by atoms with E-state index in [2.05, 4.69) is 4.98 Å². The van der Waals surface area contributed by atoms with Gasteiger partial charge in [0.15, 0.2) is 4.80 Å². The molecule has 7 heteroatoms. The fourth-order valence-corrected chi connectivity index (χ4v) is 3.90. The Kier molecular flexibility index (Phi) is 6.44. The molecule has 0 atom stereocenters. The summed E-state index contributed by atoms with van der Waals surface area (Å²) in [4.78, 5) is 10.00. The van der Waals surface area contributed by atoms with E-state index in [1.807, 2.05) is 59.3 Å². The molecule has 4 aromatic rings. The van der Waals surface area contributed by atoms with Crippen molar-refractivity contribution in [3.8, 4) is 16.9 Å². The molecule has 0 fully saturated rings. The Balaban J connectivity index is 0.00000225. The minimum atomic E-state index is -0.436. The highest BCUT2D eigenvalue weighted by Crippen LogP contribution is 2.28. The van der Waals surface area contributed by atoms with Crippen LogP contribution in [0.15, 0.2) is 77.2 Å². The number of aryl methyl sites for hydroxylation is 1. The SMILES string of the molecule is Br.Cc1ncccc1-n1c(-c2ccc(F)c(Cl)c2)csc1=Nc1ccccc1. The molecule has 3 nitrogen and oxygen atoms in total. The molecule has 0 radical (unpaired) electrons. The zero-order valence-electron chi connectivity index (χ0n) is 14.8. The molecule has 0 unspecified atom stereocenters. The zero-order chi connectivity index (χ0) is 18.8. The molecule has 0 bridgehead atoms. The molecule has 0 spiro atoms. The topological polar surface area (TPSA) is 30.2 Å². The Morgan fingerprint density at radius 3 is 2.57 bits per heavy atom. The molecule has 2 heterocycles. The van der Waals surface area contributed by atoms with Crippen molar-refractivity contribution < 1.29 is 4.39 Å². The van der Waals surface area contributed by atoms with Gasteiger partial charge in [-0.05, 0) is 49.4 Å². The number of nitrogens with zero attached hydrogens (tertiary/aromatic N) is 3. The smallest absolute Gasteiger partial charge is 0.195 e. The van der Waals surface area contributed by atoms with E-state index >= 15 is 0 Å². The van der Waals surface area contributed by atoms with Gasteiger partial charge in [-0.3, -0.25) is 9.55 Å². The minimum Gasteiger partial charge on any atom is -0.283 e. The average molecular weight is 477 g/mol. The predicted octanol–water partition coefficient (Wildman–Crippen LogP) is 6.51. The van der Waals surface area contributed by atoms with Crippen molar-refractivity contribution in [2.75, 3.05) is 0 Å². The molecule has 0 aliphatic heterocycles. The Morgan fingerprint density at radius 1 is 1.07 bits per heavy atom. The monoisotopic (exact) mass is 475 g/mol. The summed E-state index contributed by atoms with van der Waals surface area (Å²) in [6, 6.07) is 18.4. The third-order valence-corrected chi connectivity index (χ3v) is 5.24. The molecular weight excluding hydrogens is 461 g/mol. The van der Waals surface area contributed by atoms with Gasteiger partial charge in [0, 0.05) is 17.1 Å². The number of halogens is 3. The van der Waals surface area contributed by atoms with Gasteiger partial charge in [0.05, 0.1) is 27.8 Å². The summed E-state index contributed by atoms with van der Waals surface area (Å²) in [5.74, 6) is -0.436. The lowest BCUT2D eigenvalue weighted by Gasteiger charge is -2.11. The summed E-state index contributed by atoms with van der Waals surface area (Å²) in [7, 11) is 0. The Bertz CT molecular complexity index is 1170. The minimum absolute atomic E-state index is 0. The molecule has 2 aromatic carbocycles. The highest BCUT2D eigenvalue weighted by atomic mass is 79.9. The number of aromatic nitrogens is 2. The lowest BCUT2D eigenvalue weighted by molar-refractivity contribution is 0.628. The summed E-state index contributed by atoms with van der Waals surface area (Å²) in [5, 5.41) is 2.09. The molecule has 142 valence electrons. The highest BCUT2D eigenvalue weighted by Gasteiger charge is 2.14. The summed E-state index contributed by atoms with van der Waals surface area (Å²) < 4.78 is 15.7. The number of para-hydroxylation sites is 1. The van der Waals surface area contributed by atoms with Crippen molar-refractivity contribution >= 4 is 45.6 Å². The molecule has 0 aliphatic rings. The number of pyridine rings is 1. The number of hydrogen-bond donors (Lipinski definition) is 0. The summed E-state index contributed by atoms with van der Waals surface area (Å²) in [6.45, 7) is 1.95. The molecule has 0 amide bonds. The maximum Gasteiger partial charge on any atom is 0.195 e. The van der Waals surface area contributed by atoms with E-state index in [0.29, 0.717) is 0 Å². The Hall–Kier alpha value is -2.28. The van der Waals surface area contributed by atoms with Crippen LogP contribution < -0.4 is 4.80 Å². The van der Waals surface area contributed by atoms with Gasteiger partial charge in [-0.15, -0.1) is 28.3 Å². The number of benzene rings is 2. The van der Waals surface area contributed by atoms with Crippen LogP contribution in [0.3, 0.4) is 0 Å². The van der Waals surface area contributed by atoms with Crippen LogP contribution in [-0.4, -0.2) is 9.55 Å². The van der Waals surface area contributed by atoms with Gasteiger partial charge in [0.25, 0.3) is 0 Å². The Labute approximate surface area is 181 Å². The van der Waals surface area contributed by atoms with E-state index in [9.17, 15) is 4.39 Å². The molecule has 0 saturated carbocycles. The maximum atomic E-state index is 13.6. The quantitative estimate of drug-likeness (QED) is 0.331. The lowest BCUT2D eigenvalue weighted by atomic mass is 10.1. The van der Waals surface area contributed by atoms with Gasteiger partial charge < -0.3 is 0 Å². The van der Waals surface area contributed by atoms with Crippen molar-refractivity contribution in [3.05, 3.63) is 93.6 Å². The van der Waals surface area contributed by atoms with Crippen molar-refractivity contribution in [1.82, 2.24) is 9.55 Å². The van der Waals surface area contributed by atoms with Gasteiger partial charge >= 0.3 is 0 Å². The highest BCUT2D eigenvalue weighted by molar-refractivity contribution is 8.93. The average Bonchev–Trinajstić information content (AvgIpc) is 3.08. The van der Waals surface area contributed by atoms with Crippen molar-refractivity contribution in [2.45, 2.75) is 6.92 Å².